The smallest absolute Gasteiger partial charge is 0.375 e. The summed E-state index contributed by atoms with van der Waals surface area (Å²) < 4.78 is 16.0. The maximum Gasteiger partial charge on any atom is 0.375 e. The number of rotatable bonds is 4. The quantitative estimate of drug-likeness (QED) is 0.781. The molecular weight excluding hydrogens is 346 g/mol. The highest BCUT2D eigenvalue weighted by Gasteiger charge is 2.26. The van der Waals surface area contributed by atoms with Crippen molar-refractivity contribution >= 4 is 23.5 Å². The molecule has 0 saturated carbocycles. The van der Waals surface area contributed by atoms with Gasteiger partial charge in [0.15, 0.2) is 6.10 Å². The van der Waals surface area contributed by atoms with Crippen LogP contribution in [-0.2, 0) is 14.3 Å². The summed E-state index contributed by atoms with van der Waals surface area (Å²) in [7, 11) is 0. The number of amides is 1. The molecule has 7 heteroatoms. The van der Waals surface area contributed by atoms with Gasteiger partial charge in [0.25, 0.3) is 5.91 Å². The Hall–Kier alpha value is -2.31. The van der Waals surface area contributed by atoms with Crippen LogP contribution in [0.15, 0.2) is 40.8 Å². The van der Waals surface area contributed by atoms with Crippen molar-refractivity contribution < 1.29 is 23.5 Å². The van der Waals surface area contributed by atoms with Crippen molar-refractivity contribution in [3.8, 4) is 11.3 Å². The Kier molecular flexibility index (Phi) is 5.40. The zero-order valence-corrected chi connectivity index (χ0v) is 14.5. The van der Waals surface area contributed by atoms with Gasteiger partial charge < -0.3 is 18.8 Å². The molecule has 1 aromatic heterocycles. The number of hydrogen-bond acceptors (Lipinski definition) is 5. The SMILES string of the molecule is CC(OC(=O)c1ccc(-c2ccccc2Cl)o1)C(=O)N1CCOCC1. The Bertz CT molecular complexity index is 766. The van der Waals surface area contributed by atoms with Crippen molar-refractivity contribution in [2.24, 2.45) is 0 Å². The summed E-state index contributed by atoms with van der Waals surface area (Å²) in [5, 5.41) is 0.521. The average Bonchev–Trinajstić information content (AvgIpc) is 3.12. The average molecular weight is 364 g/mol. The van der Waals surface area contributed by atoms with Crippen LogP contribution in [0.5, 0.6) is 0 Å². The van der Waals surface area contributed by atoms with E-state index in [1.54, 1.807) is 30.0 Å². The summed E-state index contributed by atoms with van der Waals surface area (Å²) in [4.78, 5) is 26.1. The van der Waals surface area contributed by atoms with Gasteiger partial charge in [0.1, 0.15) is 5.76 Å². The highest BCUT2D eigenvalue weighted by molar-refractivity contribution is 6.33. The van der Waals surface area contributed by atoms with E-state index in [0.717, 1.165) is 0 Å². The summed E-state index contributed by atoms with van der Waals surface area (Å²) >= 11 is 6.12. The van der Waals surface area contributed by atoms with E-state index in [9.17, 15) is 9.59 Å². The van der Waals surface area contributed by atoms with Gasteiger partial charge >= 0.3 is 5.97 Å². The van der Waals surface area contributed by atoms with Gasteiger partial charge in [-0.15, -0.1) is 0 Å². The van der Waals surface area contributed by atoms with Gasteiger partial charge in [-0.05, 0) is 31.2 Å². The minimum Gasteiger partial charge on any atom is -0.449 e. The lowest BCUT2D eigenvalue weighted by atomic mass is 10.2. The van der Waals surface area contributed by atoms with Gasteiger partial charge in [0.05, 0.1) is 18.2 Å². The zero-order chi connectivity index (χ0) is 17.8. The van der Waals surface area contributed by atoms with Gasteiger partial charge in [-0.1, -0.05) is 23.7 Å². The van der Waals surface area contributed by atoms with Gasteiger partial charge in [-0.2, -0.15) is 0 Å². The van der Waals surface area contributed by atoms with E-state index < -0.39 is 12.1 Å². The number of ether oxygens (including phenoxy) is 2. The molecule has 6 nitrogen and oxygen atoms in total. The van der Waals surface area contributed by atoms with Crippen LogP contribution in [0.3, 0.4) is 0 Å². The van der Waals surface area contributed by atoms with E-state index in [1.165, 1.54) is 6.07 Å². The lowest BCUT2D eigenvalue weighted by Crippen LogP contribution is -2.46. The summed E-state index contributed by atoms with van der Waals surface area (Å²) in [5.41, 5.74) is 0.681. The molecule has 2 aromatic rings. The molecule has 0 N–H and O–H groups in total. The highest BCUT2D eigenvalue weighted by Crippen LogP contribution is 2.29. The van der Waals surface area contributed by atoms with Gasteiger partial charge in [-0.25, -0.2) is 4.79 Å². The molecule has 1 amide bonds. The molecule has 0 aliphatic carbocycles. The van der Waals surface area contributed by atoms with Crippen LogP contribution in [0.25, 0.3) is 11.3 Å². The number of morpholine rings is 1. The number of benzene rings is 1. The third-order valence-electron chi connectivity index (χ3n) is 3.90. The second kappa shape index (κ2) is 7.72. The third kappa shape index (κ3) is 4.03. The first kappa shape index (κ1) is 17.5. The number of furan rings is 1. The van der Waals surface area contributed by atoms with Crippen molar-refractivity contribution in [3.63, 3.8) is 0 Å². The summed E-state index contributed by atoms with van der Waals surface area (Å²) in [5.74, 6) is -0.441. The molecule has 132 valence electrons. The van der Waals surface area contributed by atoms with Crippen LogP contribution >= 0.6 is 11.6 Å². The maximum absolute atomic E-state index is 12.3. The predicted molar refractivity (Wildman–Crippen MR) is 91.4 cm³/mol. The van der Waals surface area contributed by atoms with Gasteiger partial charge in [0, 0.05) is 18.7 Å². The van der Waals surface area contributed by atoms with E-state index in [0.29, 0.717) is 42.6 Å². The highest BCUT2D eigenvalue weighted by atomic mass is 35.5. The van der Waals surface area contributed by atoms with Crippen molar-refractivity contribution in [1.29, 1.82) is 0 Å². The van der Waals surface area contributed by atoms with Crippen molar-refractivity contribution in [2.75, 3.05) is 26.3 Å². The number of nitrogens with zero attached hydrogens (tertiary/aromatic N) is 1. The lowest BCUT2D eigenvalue weighted by Gasteiger charge is -2.28. The molecular formula is C18H18ClNO5. The minimum absolute atomic E-state index is 0.0246. The number of hydrogen-bond donors (Lipinski definition) is 0. The second-order valence-electron chi connectivity index (χ2n) is 5.63. The molecule has 2 heterocycles. The molecule has 25 heavy (non-hydrogen) atoms. The van der Waals surface area contributed by atoms with Gasteiger partial charge in [-0.3, -0.25) is 4.79 Å². The molecule has 1 aromatic carbocycles. The number of halogens is 1. The molecule has 0 bridgehead atoms. The second-order valence-corrected chi connectivity index (χ2v) is 6.04. The van der Waals surface area contributed by atoms with E-state index in [1.807, 2.05) is 12.1 Å². The zero-order valence-electron chi connectivity index (χ0n) is 13.7. The molecule has 0 spiro atoms. The molecule has 1 aliphatic rings. The van der Waals surface area contributed by atoms with Crippen molar-refractivity contribution in [2.45, 2.75) is 13.0 Å². The summed E-state index contributed by atoms with van der Waals surface area (Å²) in [6, 6.07) is 10.3. The Morgan fingerprint density at radius 1 is 1.16 bits per heavy atom. The van der Waals surface area contributed by atoms with Crippen LogP contribution in [0.4, 0.5) is 0 Å². The first-order valence-electron chi connectivity index (χ1n) is 7.98. The van der Waals surface area contributed by atoms with Crippen LogP contribution in [0, 0.1) is 0 Å². The van der Waals surface area contributed by atoms with Crippen molar-refractivity contribution in [3.05, 3.63) is 47.2 Å². The fourth-order valence-electron chi connectivity index (χ4n) is 2.56. The van der Waals surface area contributed by atoms with Crippen molar-refractivity contribution in [1.82, 2.24) is 4.90 Å². The minimum atomic E-state index is -0.889. The molecule has 1 fully saturated rings. The number of esters is 1. The number of carbonyl (C=O) groups is 2. The number of carbonyl (C=O) groups excluding carboxylic acids is 2. The molecule has 3 rings (SSSR count). The van der Waals surface area contributed by atoms with E-state index in [4.69, 9.17) is 25.5 Å². The van der Waals surface area contributed by atoms with Gasteiger partial charge in [0.2, 0.25) is 5.76 Å². The molecule has 1 saturated heterocycles. The first-order valence-corrected chi connectivity index (χ1v) is 8.36. The monoisotopic (exact) mass is 363 g/mol. The van der Waals surface area contributed by atoms with Crippen LogP contribution < -0.4 is 0 Å². The Morgan fingerprint density at radius 2 is 1.88 bits per heavy atom. The first-order chi connectivity index (χ1) is 12.1. The van der Waals surface area contributed by atoms with E-state index in [-0.39, 0.29) is 11.7 Å². The topological polar surface area (TPSA) is 69.0 Å². The Balaban J connectivity index is 1.65. The Labute approximate surface area is 150 Å². The molecule has 1 atom stereocenters. The predicted octanol–water partition coefficient (Wildman–Crippen LogP) is 3.00. The van der Waals surface area contributed by atoms with Crippen LogP contribution in [0.2, 0.25) is 5.02 Å². The standard InChI is InChI=1S/C18H18ClNO5/c1-12(17(21)20-8-10-23-11-9-20)24-18(22)16-7-6-15(25-16)13-4-2-3-5-14(13)19/h2-7,12H,8-11H2,1H3. The summed E-state index contributed by atoms with van der Waals surface area (Å²) in [6.45, 7) is 3.53. The lowest BCUT2D eigenvalue weighted by molar-refractivity contribution is -0.143. The maximum atomic E-state index is 12.3. The largest absolute Gasteiger partial charge is 0.449 e. The van der Waals surface area contributed by atoms with Crippen LogP contribution in [0.1, 0.15) is 17.5 Å². The Morgan fingerprint density at radius 3 is 2.60 bits per heavy atom. The fraction of sp³-hybridized carbons (Fsp3) is 0.333. The van der Waals surface area contributed by atoms with Crippen LogP contribution in [-0.4, -0.2) is 49.2 Å². The molecule has 0 radical (unpaired) electrons. The molecule has 1 aliphatic heterocycles. The summed E-state index contributed by atoms with van der Waals surface area (Å²) in [6.07, 6.45) is -0.889. The normalized spacial score (nSPS) is 15.7. The fourth-order valence-corrected chi connectivity index (χ4v) is 2.79. The van der Waals surface area contributed by atoms with E-state index in [2.05, 4.69) is 0 Å². The third-order valence-corrected chi connectivity index (χ3v) is 4.23. The molecule has 1 unspecified atom stereocenters. The van der Waals surface area contributed by atoms with E-state index >= 15 is 0 Å².